The predicted molar refractivity (Wildman–Crippen MR) is 92.3 cm³/mol. The van der Waals surface area contributed by atoms with Crippen LogP contribution in [0.3, 0.4) is 0 Å². The lowest BCUT2D eigenvalue weighted by Crippen LogP contribution is -2.07. The maximum atomic E-state index is 12.6. The summed E-state index contributed by atoms with van der Waals surface area (Å²) >= 11 is 0. The maximum absolute atomic E-state index is 12.6. The van der Waals surface area contributed by atoms with E-state index < -0.39 is 17.7 Å². The lowest BCUT2D eigenvalue weighted by atomic mass is 10.00. The van der Waals surface area contributed by atoms with Gasteiger partial charge in [0.2, 0.25) is 0 Å². The first kappa shape index (κ1) is 20.3. The largest absolute Gasteiger partial charge is 0.481 e. The molecule has 0 unspecified atom stereocenters. The first-order valence-corrected chi connectivity index (χ1v) is 7.49. The molecule has 25 heavy (non-hydrogen) atoms. The van der Waals surface area contributed by atoms with Crippen LogP contribution in [0.5, 0.6) is 0 Å². The highest BCUT2D eigenvalue weighted by Crippen LogP contribution is 2.31. The fraction of sp³-hybridized carbons (Fsp3) is 0.211. The number of hydrogen-bond acceptors (Lipinski definition) is 2. The normalized spacial score (nSPS) is 10.6. The molecule has 0 bridgehead atoms. The van der Waals surface area contributed by atoms with Crippen molar-refractivity contribution < 1.29 is 23.1 Å². The van der Waals surface area contributed by atoms with Gasteiger partial charge in [-0.2, -0.15) is 13.2 Å². The highest BCUT2D eigenvalue weighted by molar-refractivity contribution is 5.70. The van der Waals surface area contributed by atoms with Gasteiger partial charge in [-0.15, -0.1) is 6.58 Å². The van der Waals surface area contributed by atoms with E-state index in [-0.39, 0.29) is 12.1 Å². The third-order valence-electron chi connectivity index (χ3n) is 3.25. The molecule has 0 aliphatic heterocycles. The summed E-state index contributed by atoms with van der Waals surface area (Å²) in [7, 11) is 0. The molecular formula is C19H20F3NO2. The molecule has 0 fully saturated rings. The lowest BCUT2D eigenvalue weighted by Gasteiger charge is -2.11. The van der Waals surface area contributed by atoms with Gasteiger partial charge in [-0.1, -0.05) is 36.4 Å². The number of hydrogen-bond donors (Lipinski definition) is 2. The van der Waals surface area contributed by atoms with Crippen LogP contribution in [0.2, 0.25) is 0 Å². The molecule has 134 valence electrons. The summed E-state index contributed by atoms with van der Waals surface area (Å²) in [6, 6.07) is 10.2. The number of carbonyl (C=O) groups is 1. The monoisotopic (exact) mass is 351 g/mol. The van der Waals surface area contributed by atoms with E-state index in [0.717, 1.165) is 17.7 Å². The van der Waals surface area contributed by atoms with Crippen LogP contribution in [0, 0.1) is 0 Å². The molecule has 2 rings (SSSR count). The fourth-order valence-corrected chi connectivity index (χ4v) is 2.10. The molecule has 2 aromatic rings. The smallest absolute Gasteiger partial charge is 0.416 e. The summed E-state index contributed by atoms with van der Waals surface area (Å²) in [6.07, 6.45) is -2.34. The molecule has 0 heterocycles. The zero-order chi connectivity index (χ0) is 19.0. The Morgan fingerprint density at radius 3 is 2.12 bits per heavy atom. The molecule has 0 aliphatic rings. The quantitative estimate of drug-likeness (QED) is 0.620. The van der Waals surface area contributed by atoms with E-state index in [1.54, 1.807) is 30.3 Å². The molecule has 3 N–H and O–H groups in total. The standard InChI is InChI=1S/C16H14F3NO2.C3H6/c17-16(18,19)13-6-5-12(14(20)9-13)7-10-1-3-11(4-2-10)8-15(21)22;1-3-2/h1-6,9H,7-8,20H2,(H,21,22);3H,1H2,2H3. The average molecular weight is 351 g/mol. The molecular weight excluding hydrogens is 331 g/mol. The molecule has 0 aromatic heterocycles. The highest BCUT2D eigenvalue weighted by atomic mass is 19.4. The van der Waals surface area contributed by atoms with E-state index in [0.29, 0.717) is 17.5 Å². The Labute approximate surface area is 144 Å². The number of aliphatic carboxylic acids is 1. The third-order valence-corrected chi connectivity index (χ3v) is 3.25. The van der Waals surface area contributed by atoms with Crippen LogP contribution in [0.1, 0.15) is 29.2 Å². The van der Waals surface area contributed by atoms with E-state index in [1.165, 1.54) is 6.07 Å². The van der Waals surface area contributed by atoms with E-state index in [9.17, 15) is 18.0 Å². The minimum atomic E-state index is -4.41. The summed E-state index contributed by atoms with van der Waals surface area (Å²) in [5, 5.41) is 8.69. The maximum Gasteiger partial charge on any atom is 0.416 e. The zero-order valence-corrected chi connectivity index (χ0v) is 13.8. The Balaban J connectivity index is 0.000000970. The van der Waals surface area contributed by atoms with Crippen molar-refractivity contribution in [3.8, 4) is 0 Å². The highest BCUT2D eigenvalue weighted by Gasteiger charge is 2.30. The summed E-state index contributed by atoms with van der Waals surface area (Å²) < 4.78 is 37.7. The number of nitrogens with two attached hydrogens (primary N) is 1. The number of carboxylic acid groups (broad SMARTS) is 1. The van der Waals surface area contributed by atoms with E-state index in [1.807, 2.05) is 6.92 Å². The van der Waals surface area contributed by atoms with Crippen LogP contribution in [-0.2, 0) is 23.8 Å². The van der Waals surface area contributed by atoms with Crippen molar-refractivity contribution in [2.24, 2.45) is 0 Å². The van der Waals surface area contributed by atoms with Crippen LogP contribution in [0.4, 0.5) is 18.9 Å². The SMILES string of the molecule is C=CC.Nc1cc(C(F)(F)F)ccc1Cc1ccc(CC(=O)O)cc1. The van der Waals surface area contributed by atoms with Crippen LogP contribution < -0.4 is 5.73 Å². The van der Waals surface area contributed by atoms with Gasteiger partial charge < -0.3 is 10.8 Å². The Kier molecular flexibility index (Phi) is 7.23. The van der Waals surface area contributed by atoms with Crippen molar-refractivity contribution in [2.45, 2.75) is 25.9 Å². The molecule has 0 aliphatic carbocycles. The number of halogens is 3. The van der Waals surface area contributed by atoms with Gasteiger partial charge in [-0.05, 0) is 42.2 Å². The first-order chi connectivity index (χ1) is 11.7. The molecule has 2 aromatic carbocycles. The number of alkyl halides is 3. The van der Waals surface area contributed by atoms with Crippen LogP contribution >= 0.6 is 0 Å². The molecule has 6 heteroatoms. The Morgan fingerprint density at radius 1 is 1.16 bits per heavy atom. The number of anilines is 1. The lowest BCUT2D eigenvalue weighted by molar-refractivity contribution is -0.138. The van der Waals surface area contributed by atoms with E-state index in [4.69, 9.17) is 10.8 Å². The molecule has 0 saturated heterocycles. The van der Waals surface area contributed by atoms with Crippen molar-refractivity contribution in [1.82, 2.24) is 0 Å². The minimum Gasteiger partial charge on any atom is -0.481 e. The van der Waals surface area contributed by atoms with Crippen LogP contribution in [-0.4, -0.2) is 11.1 Å². The third kappa shape index (κ3) is 6.71. The van der Waals surface area contributed by atoms with Gasteiger partial charge in [0.05, 0.1) is 12.0 Å². The Hall–Kier alpha value is -2.76. The van der Waals surface area contributed by atoms with Crippen molar-refractivity contribution >= 4 is 11.7 Å². The van der Waals surface area contributed by atoms with Gasteiger partial charge in [0.15, 0.2) is 0 Å². The van der Waals surface area contributed by atoms with Gasteiger partial charge in [-0.25, -0.2) is 0 Å². The molecule has 0 amide bonds. The second kappa shape index (κ2) is 8.92. The Bertz CT molecular complexity index is 722. The van der Waals surface area contributed by atoms with Crippen LogP contribution in [0.15, 0.2) is 55.1 Å². The summed E-state index contributed by atoms with van der Waals surface area (Å²) in [4.78, 5) is 10.6. The molecule has 3 nitrogen and oxygen atoms in total. The first-order valence-electron chi connectivity index (χ1n) is 7.49. The minimum absolute atomic E-state index is 0.0668. The Morgan fingerprint density at radius 2 is 1.68 bits per heavy atom. The van der Waals surface area contributed by atoms with Gasteiger partial charge in [0.1, 0.15) is 0 Å². The second-order valence-electron chi connectivity index (χ2n) is 5.38. The topological polar surface area (TPSA) is 63.3 Å². The van der Waals surface area contributed by atoms with Crippen molar-refractivity contribution in [3.05, 3.63) is 77.4 Å². The molecule has 0 spiro atoms. The van der Waals surface area contributed by atoms with E-state index in [2.05, 4.69) is 6.58 Å². The van der Waals surface area contributed by atoms with Gasteiger partial charge in [-0.3, -0.25) is 4.79 Å². The van der Waals surface area contributed by atoms with Gasteiger partial charge in [0.25, 0.3) is 0 Å². The second-order valence-corrected chi connectivity index (χ2v) is 5.38. The molecule has 0 radical (unpaired) electrons. The predicted octanol–water partition coefficient (Wildman–Crippen LogP) is 4.70. The van der Waals surface area contributed by atoms with Gasteiger partial charge >= 0.3 is 12.1 Å². The van der Waals surface area contributed by atoms with Crippen LogP contribution in [0.25, 0.3) is 0 Å². The summed E-state index contributed by atoms with van der Waals surface area (Å²) in [5.74, 6) is -0.917. The van der Waals surface area contributed by atoms with Crippen molar-refractivity contribution in [1.29, 1.82) is 0 Å². The van der Waals surface area contributed by atoms with Crippen molar-refractivity contribution in [3.63, 3.8) is 0 Å². The van der Waals surface area contributed by atoms with E-state index >= 15 is 0 Å². The summed E-state index contributed by atoms with van der Waals surface area (Å²) in [6.45, 7) is 5.25. The number of carboxylic acids is 1. The fourth-order valence-electron chi connectivity index (χ4n) is 2.10. The zero-order valence-electron chi connectivity index (χ0n) is 13.8. The number of allylic oxidation sites excluding steroid dienone is 1. The number of benzene rings is 2. The molecule has 0 saturated carbocycles. The molecule has 0 atom stereocenters. The number of rotatable bonds is 4. The van der Waals surface area contributed by atoms with Gasteiger partial charge in [0, 0.05) is 5.69 Å². The number of nitrogen functional groups attached to an aromatic ring is 1. The average Bonchev–Trinajstić information content (AvgIpc) is 2.50. The van der Waals surface area contributed by atoms with Crippen molar-refractivity contribution in [2.75, 3.05) is 5.73 Å². The summed E-state index contributed by atoms with van der Waals surface area (Å²) in [5.41, 5.74) is 7.11.